The summed E-state index contributed by atoms with van der Waals surface area (Å²) in [6, 6.07) is 8.16. The minimum absolute atomic E-state index is 0.0889. The van der Waals surface area contributed by atoms with E-state index in [1.54, 1.807) is 6.20 Å². The van der Waals surface area contributed by atoms with E-state index in [0.717, 1.165) is 48.1 Å². The minimum Gasteiger partial charge on any atom is -0.350 e. The Morgan fingerprint density at radius 3 is 3.00 bits per heavy atom. The zero-order valence-electron chi connectivity index (χ0n) is 14.2. The second-order valence-corrected chi connectivity index (χ2v) is 6.44. The number of para-hydroxylation sites is 1. The summed E-state index contributed by atoms with van der Waals surface area (Å²) in [4.78, 5) is 12.7. The van der Waals surface area contributed by atoms with Crippen LogP contribution in [0.2, 0.25) is 0 Å². The first-order valence-electron chi connectivity index (χ1n) is 8.66. The molecule has 1 aromatic carbocycles. The average molecular weight is 335 g/mol. The Kier molecular flexibility index (Phi) is 4.09. The number of benzene rings is 1. The summed E-state index contributed by atoms with van der Waals surface area (Å²) in [5, 5.41) is 14.4. The lowest BCUT2D eigenvalue weighted by Gasteiger charge is -2.08. The van der Waals surface area contributed by atoms with Crippen LogP contribution in [0.25, 0.3) is 5.69 Å². The first-order valence-corrected chi connectivity index (χ1v) is 8.66. The van der Waals surface area contributed by atoms with Crippen LogP contribution in [0.1, 0.15) is 39.3 Å². The topological polar surface area (TPSA) is 75.6 Å². The van der Waals surface area contributed by atoms with Gasteiger partial charge in [0.15, 0.2) is 5.69 Å². The normalized spacial score (nSPS) is 13.0. The van der Waals surface area contributed by atoms with Crippen molar-refractivity contribution in [3.05, 3.63) is 64.7 Å². The number of hydrogen-bond acceptors (Lipinski definition) is 3. The molecule has 0 saturated carbocycles. The summed E-state index contributed by atoms with van der Waals surface area (Å²) < 4.78 is 1.96. The fraction of sp³-hybridized carbons (Fsp3) is 0.316. The lowest BCUT2D eigenvalue weighted by atomic mass is 10.1. The Hall–Kier alpha value is -2.89. The van der Waals surface area contributed by atoms with Gasteiger partial charge < -0.3 is 5.32 Å². The van der Waals surface area contributed by atoms with Gasteiger partial charge in [0.1, 0.15) is 0 Å². The van der Waals surface area contributed by atoms with Crippen LogP contribution < -0.4 is 5.32 Å². The molecule has 25 heavy (non-hydrogen) atoms. The molecule has 1 amide bonds. The fourth-order valence-corrected chi connectivity index (χ4v) is 3.44. The molecule has 0 atom stereocenters. The van der Waals surface area contributed by atoms with Crippen LogP contribution >= 0.6 is 0 Å². The molecule has 6 heteroatoms. The number of H-pyrrole nitrogens is 1. The molecule has 1 aliphatic rings. The van der Waals surface area contributed by atoms with Gasteiger partial charge in [-0.2, -0.15) is 10.2 Å². The third kappa shape index (κ3) is 2.95. The zero-order chi connectivity index (χ0) is 17.2. The quantitative estimate of drug-likeness (QED) is 0.751. The van der Waals surface area contributed by atoms with E-state index in [-0.39, 0.29) is 5.91 Å². The van der Waals surface area contributed by atoms with Crippen molar-refractivity contribution in [2.75, 3.05) is 6.54 Å². The van der Waals surface area contributed by atoms with Crippen LogP contribution in [-0.4, -0.2) is 32.4 Å². The van der Waals surface area contributed by atoms with E-state index < -0.39 is 0 Å². The maximum atomic E-state index is 12.7. The second-order valence-electron chi connectivity index (χ2n) is 6.44. The molecule has 2 heterocycles. The van der Waals surface area contributed by atoms with Gasteiger partial charge >= 0.3 is 0 Å². The Bertz CT molecular complexity index is 895. The predicted octanol–water partition coefficient (Wildman–Crippen LogP) is 2.37. The van der Waals surface area contributed by atoms with Crippen LogP contribution in [0.3, 0.4) is 0 Å². The molecule has 0 radical (unpaired) electrons. The van der Waals surface area contributed by atoms with E-state index in [1.165, 1.54) is 5.69 Å². The molecule has 4 rings (SSSR count). The number of rotatable bonds is 5. The molecule has 3 aromatic rings. The standard InChI is InChI=1S/C19H21N5O/c1-13-5-2-3-7-16(13)24-17-8-4-6-15(17)18(23-24)19(25)20-10-9-14-11-21-22-12-14/h2-3,5,7,11-12H,4,6,8-10H2,1H3,(H,20,25)(H,21,22). The van der Waals surface area contributed by atoms with E-state index in [4.69, 9.17) is 0 Å². The highest BCUT2D eigenvalue weighted by Crippen LogP contribution is 2.28. The fourth-order valence-electron chi connectivity index (χ4n) is 3.44. The van der Waals surface area contributed by atoms with Gasteiger partial charge in [0.25, 0.3) is 5.91 Å². The molecule has 0 fully saturated rings. The van der Waals surface area contributed by atoms with Crippen molar-refractivity contribution in [1.29, 1.82) is 0 Å². The molecule has 6 nitrogen and oxygen atoms in total. The number of fused-ring (bicyclic) bond motifs is 1. The third-order valence-electron chi connectivity index (χ3n) is 4.74. The maximum Gasteiger partial charge on any atom is 0.272 e. The predicted molar refractivity (Wildman–Crippen MR) is 95.0 cm³/mol. The number of hydrogen-bond donors (Lipinski definition) is 2. The van der Waals surface area contributed by atoms with Gasteiger partial charge in [-0.15, -0.1) is 0 Å². The molecule has 0 aliphatic heterocycles. The first kappa shape index (κ1) is 15.6. The van der Waals surface area contributed by atoms with Gasteiger partial charge in [-0.3, -0.25) is 9.89 Å². The number of carbonyl (C=O) groups excluding carboxylic acids is 1. The number of aryl methyl sites for hydroxylation is 1. The minimum atomic E-state index is -0.0889. The van der Waals surface area contributed by atoms with Crippen molar-refractivity contribution in [3.8, 4) is 5.69 Å². The Labute approximate surface area is 146 Å². The Morgan fingerprint density at radius 2 is 2.20 bits per heavy atom. The Morgan fingerprint density at radius 1 is 1.32 bits per heavy atom. The SMILES string of the molecule is Cc1ccccc1-n1nc(C(=O)NCCc2cn[nH]c2)c2c1CCC2. The summed E-state index contributed by atoms with van der Waals surface area (Å²) in [7, 11) is 0. The number of aromatic amines is 1. The number of carbonyl (C=O) groups is 1. The van der Waals surface area contributed by atoms with Crippen molar-refractivity contribution in [2.24, 2.45) is 0 Å². The van der Waals surface area contributed by atoms with Crippen LogP contribution in [0.5, 0.6) is 0 Å². The van der Waals surface area contributed by atoms with Gasteiger partial charge in [-0.1, -0.05) is 18.2 Å². The number of nitrogens with one attached hydrogen (secondary N) is 2. The van der Waals surface area contributed by atoms with E-state index in [9.17, 15) is 4.79 Å². The highest BCUT2D eigenvalue weighted by atomic mass is 16.1. The molecule has 0 spiro atoms. The number of amides is 1. The number of aromatic nitrogens is 4. The highest BCUT2D eigenvalue weighted by molar-refractivity contribution is 5.94. The van der Waals surface area contributed by atoms with Crippen molar-refractivity contribution in [2.45, 2.75) is 32.6 Å². The van der Waals surface area contributed by atoms with Gasteiger partial charge in [-0.05, 0) is 49.8 Å². The molecular weight excluding hydrogens is 314 g/mol. The molecule has 0 unspecified atom stereocenters. The van der Waals surface area contributed by atoms with Crippen LogP contribution in [-0.2, 0) is 19.3 Å². The zero-order valence-corrected chi connectivity index (χ0v) is 14.2. The molecule has 1 aliphatic carbocycles. The summed E-state index contributed by atoms with van der Waals surface area (Å²) in [6.07, 6.45) is 7.34. The van der Waals surface area contributed by atoms with E-state index in [1.807, 2.05) is 23.0 Å². The number of nitrogens with zero attached hydrogens (tertiary/aromatic N) is 3. The van der Waals surface area contributed by atoms with Crippen LogP contribution in [0, 0.1) is 6.92 Å². The van der Waals surface area contributed by atoms with Crippen LogP contribution in [0.4, 0.5) is 0 Å². The molecular formula is C19H21N5O. The Balaban J connectivity index is 1.57. The molecule has 2 N–H and O–H groups in total. The van der Waals surface area contributed by atoms with Crippen molar-refractivity contribution < 1.29 is 4.79 Å². The van der Waals surface area contributed by atoms with Crippen LogP contribution in [0.15, 0.2) is 36.7 Å². The van der Waals surface area contributed by atoms with E-state index >= 15 is 0 Å². The smallest absolute Gasteiger partial charge is 0.272 e. The summed E-state index contributed by atoms with van der Waals surface area (Å²) in [5.74, 6) is -0.0889. The molecule has 0 saturated heterocycles. The monoisotopic (exact) mass is 335 g/mol. The van der Waals surface area contributed by atoms with Gasteiger partial charge in [-0.25, -0.2) is 4.68 Å². The summed E-state index contributed by atoms with van der Waals surface area (Å²) in [5.41, 5.74) is 6.14. The first-order chi connectivity index (χ1) is 12.2. The lowest BCUT2D eigenvalue weighted by Crippen LogP contribution is -2.27. The summed E-state index contributed by atoms with van der Waals surface area (Å²) in [6.45, 7) is 2.65. The van der Waals surface area contributed by atoms with Crippen molar-refractivity contribution >= 4 is 5.91 Å². The van der Waals surface area contributed by atoms with Gasteiger partial charge in [0.05, 0.1) is 11.9 Å². The maximum absolute atomic E-state index is 12.7. The highest BCUT2D eigenvalue weighted by Gasteiger charge is 2.27. The lowest BCUT2D eigenvalue weighted by molar-refractivity contribution is 0.0948. The largest absolute Gasteiger partial charge is 0.350 e. The van der Waals surface area contributed by atoms with Crippen molar-refractivity contribution in [3.63, 3.8) is 0 Å². The average Bonchev–Trinajstić information content (AvgIpc) is 3.33. The summed E-state index contributed by atoms with van der Waals surface area (Å²) >= 11 is 0. The van der Waals surface area contributed by atoms with Gasteiger partial charge in [0, 0.05) is 24.0 Å². The second kappa shape index (κ2) is 6.55. The van der Waals surface area contributed by atoms with E-state index in [2.05, 4.69) is 39.7 Å². The van der Waals surface area contributed by atoms with E-state index in [0.29, 0.717) is 12.2 Å². The molecule has 128 valence electrons. The van der Waals surface area contributed by atoms with Gasteiger partial charge in [0.2, 0.25) is 0 Å². The molecule has 0 bridgehead atoms. The third-order valence-corrected chi connectivity index (χ3v) is 4.74. The van der Waals surface area contributed by atoms with Crippen molar-refractivity contribution in [1.82, 2.24) is 25.3 Å². The molecule has 2 aromatic heterocycles.